The van der Waals surface area contributed by atoms with E-state index in [1.165, 1.54) is 0 Å². The van der Waals surface area contributed by atoms with Gasteiger partial charge in [-0.2, -0.15) is 0 Å². The summed E-state index contributed by atoms with van der Waals surface area (Å²) in [5, 5.41) is 0.888. The smallest absolute Gasteiger partial charge is 0.167 e. The first-order valence-corrected chi connectivity index (χ1v) is 4.90. The third-order valence-corrected chi connectivity index (χ3v) is 2.44. The van der Waals surface area contributed by atoms with Gasteiger partial charge in [0.1, 0.15) is 0 Å². The van der Waals surface area contributed by atoms with Gasteiger partial charge in [-0.15, -0.1) is 6.42 Å². The molecule has 14 heavy (non-hydrogen) atoms. The van der Waals surface area contributed by atoms with Crippen molar-refractivity contribution < 1.29 is 12.4 Å². The zero-order chi connectivity index (χ0) is 9.10. The van der Waals surface area contributed by atoms with E-state index in [1.807, 2.05) is 24.3 Å². The van der Waals surface area contributed by atoms with Crippen molar-refractivity contribution >= 4 is 22.8 Å². The van der Waals surface area contributed by atoms with Crippen molar-refractivity contribution in [3.63, 3.8) is 0 Å². The number of para-hydroxylation sites is 2. The van der Waals surface area contributed by atoms with E-state index >= 15 is 0 Å². The zero-order valence-corrected chi connectivity index (χ0v) is 8.90. The normalized spacial score (nSPS) is 9.36. The summed E-state index contributed by atoms with van der Waals surface area (Å²) >= 11 is 1.54. The fourth-order valence-corrected chi connectivity index (χ4v) is 1.67. The molecule has 2 nitrogen and oxygen atoms in total. The fourth-order valence-electron chi connectivity index (χ4n) is 1.11. The average molecular weight is 224 g/mol. The van der Waals surface area contributed by atoms with Crippen LogP contribution >= 0.6 is 11.8 Å². The third kappa shape index (κ3) is 2.22. The highest BCUT2D eigenvalue weighted by Gasteiger charge is 2.00. The van der Waals surface area contributed by atoms with E-state index < -0.39 is 0 Å². The number of hydrogen-bond donors (Lipinski definition) is 1. The first-order chi connectivity index (χ1) is 6.40. The maximum atomic E-state index is 5.16. The molecule has 0 unspecified atom stereocenters. The first-order valence-electron chi connectivity index (χ1n) is 3.91. The molecule has 0 aliphatic carbocycles. The van der Waals surface area contributed by atoms with E-state index in [2.05, 4.69) is 15.9 Å². The molecule has 1 N–H and O–H groups in total. The molecule has 72 valence electrons. The Bertz CT molecular complexity index is 425. The predicted molar refractivity (Wildman–Crippen MR) is 55.7 cm³/mol. The Labute approximate surface area is 92.9 Å². The van der Waals surface area contributed by atoms with Crippen LogP contribution in [0.5, 0.6) is 0 Å². The van der Waals surface area contributed by atoms with Crippen molar-refractivity contribution in [2.45, 2.75) is 5.16 Å². The number of hydrogen-bond acceptors (Lipinski definition) is 2. The second-order valence-corrected chi connectivity index (χ2v) is 3.52. The topological polar surface area (TPSA) is 28.7 Å². The Hall–Kier alpha value is -1.11. The number of aromatic nitrogens is 2. The number of rotatable bonds is 2. The van der Waals surface area contributed by atoms with Gasteiger partial charge in [0, 0.05) is 0 Å². The highest BCUT2D eigenvalue weighted by Crippen LogP contribution is 2.18. The largest absolute Gasteiger partial charge is 1.00 e. The van der Waals surface area contributed by atoms with Crippen LogP contribution in [0.4, 0.5) is 0 Å². The minimum atomic E-state index is 0. The number of halogens is 1. The predicted octanol–water partition coefficient (Wildman–Crippen LogP) is -0.708. The molecule has 0 atom stereocenters. The average Bonchev–Trinajstić information content (AvgIpc) is 2.57. The van der Waals surface area contributed by atoms with Crippen LogP contribution in [0.15, 0.2) is 29.4 Å². The minimum absolute atomic E-state index is 0. The summed E-state index contributed by atoms with van der Waals surface area (Å²) in [5.41, 5.74) is 2.05. The summed E-state index contributed by atoms with van der Waals surface area (Å²) in [6.45, 7) is 0. The van der Waals surface area contributed by atoms with Gasteiger partial charge in [-0.3, -0.25) is 0 Å². The van der Waals surface area contributed by atoms with Crippen molar-refractivity contribution in [3.05, 3.63) is 24.3 Å². The molecule has 0 radical (unpaired) electrons. The fraction of sp³-hybridized carbons (Fsp3) is 0.100. The molecule has 0 saturated carbocycles. The van der Waals surface area contributed by atoms with Gasteiger partial charge >= 0.3 is 0 Å². The van der Waals surface area contributed by atoms with E-state index in [4.69, 9.17) is 6.42 Å². The molecule has 0 spiro atoms. The Morgan fingerprint density at radius 1 is 1.43 bits per heavy atom. The number of H-pyrrole nitrogens is 1. The summed E-state index contributed by atoms with van der Waals surface area (Å²) in [5.74, 6) is 3.22. The minimum Gasteiger partial charge on any atom is -1.00 e. The van der Waals surface area contributed by atoms with Crippen LogP contribution in [0.1, 0.15) is 0 Å². The molecule has 0 aliphatic rings. The van der Waals surface area contributed by atoms with E-state index in [-0.39, 0.29) is 12.4 Å². The Morgan fingerprint density at radius 2 is 2.21 bits per heavy atom. The van der Waals surface area contributed by atoms with E-state index in [0.29, 0.717) is 5.75 Å². The number of aromatic amines is 1. The second-order valence-electron chi connectivity index (χ2n) is 2.55. The van der Waals surface area contributed by atoms with E-state index in [0.717, 1.165) is 16.2 Å². The summed E-state index contributed by atoms with van der Waals surface area (Å²) in [4.78, 5) is 7.55. The molecule has 1 aromatic heterocycles. The molecule has 4 heteroatoms. The van der Waals surface area contributed by atoms with Crippen LogP contribution in [0, 0.1) is 12.3 Å². The number of terminal acetylenes is 1. The van der Waals surface area contributed by atoms with Gasteiger partial charge in [0.25, 0.3) is 0 Å². The van der Waals surface area contributed by atoms with Gasteiger partial charge < -0.3 is 17.4 Å². The van der Waals surface area contributed by atoms with Gasteiger partial charge in [0.2, 0.25) is 0 Å². The van der Waals surface area contributed by atoms with Crippen molar-refractivity contribution in [3.8, 4) is 12.3 Å². The maximum absolute atomic E-state index is 5.16. The second kappa shape index (κ2) is 4.94. The number of benzene rings is 1. The standard InChI is InChI=1S/C10H8N2S.ClH/c1-2-7-13-10-11-8-5-3-4-6-9(8)12-10;/h1,3-6H,7H2,(H,11,12);1H/p-1. The summed E-state index contributed by atoms with van der Waals surface area (Å²) in [7, 11) is 0. The maximum Gasteiger partial charge on any atom is 0.167 e. The van der Waals surface area contributed by atoms with Gasteiger partial charge in [0.05, 0.1) is 16.8 Å². The highest BCUT2D eigenvalue weighted by atomic mass is 35.5. The molecule has 0 bridgehead atoms. The number of nitrogens with one attached hydrogen (secondary N) is 1. The highest BCUT2D eigenvalue weighted by molar-refractivity contribution is 7.99. The van der Waals surface area contributed by atoms with Crippen molar-refractivity contribution in [2.75, 3.05) is 5.75 Å². The summed E-state index contributed by atoms with van der Waals surface area (Å²) < 4.78 is 0. The van der Waals surface area contributed by atoms with Crippen LogP contribution in [0.3, 0.4) is 0 Å². The molecular formula is C10H8ClN2S-. The molecule has 0 aliphatic heterocycles. The van der Waals surface area contributed by atoms with Crippen LogP contribution in [-0.2, 0) is 0 Å². The van der Waals surface area contributed by atoms with Crippen molar-refractivity contribution in [1.29, 1.82) is 0 Å². The Kier molecular flexibility index (Phi) is 3.87. The SMILES string of the molecule is C#CCSc1nc2ccccc2[nH]1.[Cl-]. The van der Waals surface area contributed by atoms with Crippen molar-refractivity contribution in [2.24, 2.45) is 0 Å². The van der Waals surface area contributed by atoms with Crippen LogP contribution in [0.2, 0.25) is 0 Å². The summed E-state index contributed by atoms with van der Waals surface area (Å²) in [6, 6.07) is 7.93. The molecular weight excluding hydrogens is 216 g/mol. The van der Waals surface area contributed by atoms with Crippen LogP contribution in [0.25, 0.3) is 11.0 Å². The third-order valence-electron chi connectivity index (χ3n) is 1.66. The summed E-state index contributed by atoms with van der Waals surface area (Å²) in [6.07, 6.45) is 5.16. The van der Waals surface area contributed by atoms with Gasteiger partial charge in [0.15, 0.2) is 5.16 Å². The lowest BCUT2D eigenvalue weighted by atomic mass is 10.3. The molecule has 0 saturated heterocycles. The van der Waals surface area contributed by atoms with Crippen molar-refractivity contribution in [1.82, 2.24) is 9.97 Å². The number of nitrogens with zero attached hydrogens (tertiary/aromatic N) is 1. The number of imidazole rings is 1. The Balaban J connectivity index is 0.000000980. The lowest BCUT2D eigenvalue weighted by Gasteiger charge is -1.86. The first kappa shape index (κ1) is 11.0. The molecule has 0 amide bonds. The zero-order valence-electron chi connectivity index (χ0n) is 7.33. The van der Waals surface area contributed by atoms with Gasteiger partial charge in [-0.1, -0.05) is 29.8 Å². The van der Waals surface area contributed by atoms with Crippen LogP contribution < -0.4 is 12.4 Å². The molecule has 1 aromatic carbocycles. The van der Waals surface area contributed by atoms with E-state index in [9.17, 15) is 0 Å². The molecule has 1 heterocycles. The Morgan fingerprint density at radius 3 is 2.93 bits per heavy atom. The lowest BCUT2D eigenvalue weighted by molar-refractivity contribution is -0.00000265. The van der Waals surface area contributed by atoms with Gasteiger partial charge in [-0.25, -0.2) is 4.98 Å². The van der Waals surface area contributed by atoms with Crippen LogP contribution in [-0.4, -0.2) is 15.7 Å². The van der Waals surface area contributed by atoms with Gasteiger partial charge in [-0.05, 0) is 12.1 Å². The van der Waals surface area contributed by atoms with E-state index in [1.54, 1.807) is 11.8 Å². The quantitative estimate of drug-likeness (QED) is 0.539. The number of fused-ring (bicyclic) bond motifs is 1. The number of thioether (sulfide) groups is 1. The molecule has 2 rings (SSSR count). The molecule has 0 fully saturated rings. The molecule has 2 aromatic rings. The monoisotopic (exact) mass is 223 g/mol. The lowest BCUT2D eigenvalue weighted by Crippen LogP contribution is -3.00.